The largest absolute Gasteiger partial charge is 0.454 e. The van der Waals surface area contributed by atoms with E-state index >= 15 is 0 Å². The highest BCUT2D eigenvalue weighted by Crippen LogP contribution is 2.35. The van der Waals surface area contributed by atoms with E-state index in [1.54, 1.807) is 60.7 Å². The molecule has 0 aliphatic carbocycles. The molecule has 0 spiro atoms. The van der Waals surface area contributed by atoms with Crippen LogP contribution in [0.3, 0.4) is 0 Å². The van der Waals surface area contributed by atoms with Crippen molar-refractivity contribution in [2.75, 3.05) is 13.6 Å². The number of cyclic esters (lactones) is 1. The molecule has 9 nitrogen and oxygen atoms in total. The van der Waals surface area contributed by atoms with Crippen LogP contribution in [0.15, 0.2) is 71.4 Å². The van der Waals surface area contributed by atoms with Crippen molar-refractivity contribution in [2.45, 2.75) is 0 Å². The second-order valence-electron chi connectivity index (χ2n) is 7.40. The lowest BCUT2D eigenvalue weighted by Gasteiger charge is -2.08. The molecule has 0 atom stereocenters. The molecular weight excluding hydrogens is 442 g/mol. The number of hydrogen-bond acceptors (Lipinski definition) is 9. The molecule has 0 bridgehead atoms. The van der Waals surface area contributed by atoms with Crippen molar-refractivity contribution in [1.29, 1.82) is 0 Å². The van der Waals surface area contributed by atoms with E-state index in [-0.39, 0.29) is 30.9 Å². The highest BCUT2D eigenvalue weighted by molar-refractivity contribution is 6.13. The Labute approximate surface area is 192 Å². The summed E-state index contributed by atoms with van der Waals surface area (Å²) in [6.45, 7) is 0.243. The molecule has 0 fully saturated rings. The van der Waals surface area contributed by atoms with Gasteiger partial charge in [-0.25, -0.2) is 14.6 Å². The maximum Gasteiger partial charge on any atom is 0.363 e. The van der Waals surface area contributed by atoms with Gasteiger partial charge in [0.05, 0.1) is 5.56 Å². The van der Waals surface area contributed by atoms with E-state index in [0.29, 0.717) is 39.7 Å². The molecule has 168 valence electrons. The Morgan fingerprint density at radius 3 is 2.38 bits per heavy atom. The van der Waals surface area contributed by atoms with E-state index in [9.17, 15) is 9.59 Å². The van der Waals surface area contributed by atoms with Gasteiger partial charge in [0.25, 0.3) is 0 Å². The molecule has 6 rings (SSSR count). The Morgan fingerprint density at radius 2 is 1.56 bits per heavy atom. The standard InChI is InChI=1S/C25H15NO8/c27-24(16-6-8-20-22(11-16)32-13-30-20)33-18-4-2-1-3-14(18)9-17-25(28)34-23(26-17)15-5-7-19-21(10-15)31-12-29-19/h1-11H,12-13H2. The van der Waals surface area contributed by atoms with Crippen molar-refractivity contribution in [3.63, 3.8) is 0 Å². The van der Waals surface area contributed by atoms with Gasteiger partial charge in [0.2, 0.25) is 19.5 Å². The van der Waals surface area contributed by atoms with Crippen LogP contribution < -0.4 is 23.7 Å². The molecule has 0 saturated carbocycles. The molecule has 0 aromatic heterocycles. The van der Waals surface area contributed by atoms with Gasteiger partial charge in [-0.1, -0.05) is 18.2 Å². The Hall–Kier alpha value is -4.79. The Kier molecular flexibility index (Phi) is 4.65. The number of benzene rings is 3. The second-order valence-corrected chi connectivity index (χ2v) is 7.40. The lowest BCUT2D eigenvalue weighted by Crippen LogP contribution is -2.09. The van der Waals surface area contributed by atoms with Crippen LogP contribution in [0.25, 0.3) is 6.08 Å². The third-order valence-electron chi connectivity index (χ3n) is 5.26. The summed E-state index contributed by atoms with van der Waals surface area (Å²) < 4.78 is 32.2. The third kappa shape index (κ3) is 3.58. The predicted octanol–water partition coefficient (Wildman–Crippen LogP) is 3.71. The summed E-state index contributed by atoms with van der Waals surface area (Å²) in [4.78, 5) is 29.5. The van der Waals surface area contributed by atoms with Crippen molar-refractivity contribution >= 4 is 23.9 Å². The molecule has 0 radical (unpaired) electrons. The number of carbonyl (C=O) groups is 2. The van der Waals surface area contributed by atoms with Gasteiger partial charge in [-0.05, 0) is 48.5 Å². The summed E-state index contributed by atoms with van der Waals surface area (Å²) in [5.41, 5.74) is 1.43. The van der Waals surface area contributed by atoms with E-state index in [1.165, 1.54) is 6.08 Å². The van der Waals surface area contributed by atoms with Gasteiger partial charge in [-0.2, -0.15) is 0 Å². The molecule has 0 amide bonds. The van der Waals surface area contributed by atoms with Crippen LogP contribution in [0.2, 0.25) is 0 Å². The van der Waals surface area contributed by atoms with Gasteiger partial charge in [0, 0.05) is 11.1 Å². The van der Waals surface area contributed by atoms with Gasteiger partial charge in [0.1, 0.15) is 5.75 Å². The lowest BCUT2D eigenvalue weighted by atomic mass is 10.1. The third-order valence-corrected chi connectivity index (χ3v) is 5.26. The van der Waals surface area contributed by atoms with Crippen LogP contribution in [-0.4, -0.2) is 31.4 Å². The minimum absolute atomic E-state index is 0.0687. The summed E-state index contributed by atoms with van der Waals surface area (Å²) in [6.07, 6.45) is 1.50. The molecular formula is C25H15NO8. The first-order valence-corrected chi connectivity index (χ1v) is 10.3. The fraction of sp³-hybridized carbons (Fsp3) is 0.0800. The number of carbonyl (C=O) groups excluding carboxylic acids is 2. The van der Waals surface area contributed by atoms with Crippen molar-refractivity contribution in [1.82, 2.24) is 0 Å². The van der Waals surface area contributed by atoms with Gasteiger partial charge in [-0.3, -0.25) is 0 Å². The molecule has 0 saturated heterocycles. The van der Waals surface area contributed by atoms with E-state index in [2.05, 4.69) is 4.99 Å². The topological polar surface area (TPSA) is 102 Å². The molecule has 9 heteroatoms. The SMILES string of the molecule is O=C1OC(c2ccc3c(c2)OCO3)=NC1=Cc1ccccc1OC(=O)c1ccc2c(c1)OCO2. The smallest absolute Gasteiger partial charge is 0.363 e. The summed E-state index contributed by atoms with van der Waals surface area (Å²) in [5.74, 6) is 1.41. The van der Waals surface area contributed by atoms with Gasteiger partial charge >= 0.3 is 11.9 Å². The normalized spacial score (nSPS) is 16.4. The first kappa shape index (κ1) is 19.9. The summed E-state index contributed by atoms with van der Waals surface area (Å²) >= 11 is 0. The van der Waals surface area contributed by atoms with Crippen LogP contribution in [0.1, 0.15) is 21.5 Å². The number of fused-ring (bicyclic) bond motifs is 2. The zero-order valence-corrected chi connectivity index (χ0v) is 17.5. The first-order chi connectivity index (χ1) is 16.6. The summed E-state index contributed by atoms with van der Waals surface area (Å²) in [6, 6.07) is 16.7. The van der Waals surface area contributed by atoms with Gasteiger partial charge < -0.3 is 28.4 Å². The molecule has 3 aliphatic rings. The second kappa shape index (κ2) is 7.96. The minimum Gasteiger partial charge on any atom is -0.454 e. The fourth-order valence-corrected chi connectivity index (χ4v) is 3.58. The van der Waals surface area contributed by atoms with Crippen LogP contribution in [-0.2, 0) is 9.53 Å². The number of rotatable bonds is 4. The summed E-state index contributed by atoms with van der Waals surface area (Å²) in [7, 11) is 0. The van der Waals surface area contributed by atoms with Crippen LogP contribution in [0, 0.1) is 0 Å². The average molecular weight is 457 g/mol. The summed E-state index contributed by atoms with van der Waals surface area (Å²) in [5, 5.41) is 0. The Morgan fingerprint density at radius 1 is 0.853 bits per heavy atom. The lowest BCUT2D eigenvalue weighted by molar-refractivity contribution is -0.129. The Bertz CT molecular complexity index is 1410. The molecule has 0 unspecified atom stereocenters. The molecule has 3 heterocycles. The van der Waals surface area contributed by atoms with E-state index in [0.717, 1.165) is 0 Å². The van der Waals surface area contributed by atoms with E-state index < -0.39 is 11.9 Å². The van der Waals surface area contributed by atoms with Crippen LogP contribution in [0.5, 0.6) is 28.7 Å². The molecule has 3 aromatic carbocycles. The number of esters is 2. The predicted molar refractivity (Wildman–Crippen MR) is 117 cm³/mol. The van der Waals surface area contributed by atoms with E-state index in [4.69, 9.17) is 28.4 Å². The monoisotopic (exact) mass is 457 g/mol. The highest BCUT2D eigenvalue weighted by Gasteiger charge is 2.26. The number of aliphatic imine (C=N–C) groups is 1. The fourth-order valence-electron chi connectivity index (χ4n) is 3.58. The maximum absolute atomic E-state index is 12.7. The quantitative estimate of drug-likeness (QED) is 0.332. The van der Waals surface area contributed by atoms with Crippen molar-refractivity contribution < 1.29 is 38.0 Å². The zero-order chi connectivity index (χ0) is 23.1. The number of para-hydroxylation sites is 1. The van der Waals surface area contributed by atoms with Gasteiger partial charge in [-0.15, -0.1) is 0 Å². The molecule has 3 aliphatic heterocycles. The minimum atomic E-state index is -0.621. The zero-order valence-electron chi connectivity index (χ0n) is 17.5. The van der Waals surface area contributed by atoms with Crippen molar-refractivity contribution in [2.24, 2.45) is 4.99 Å². The number of ether oxygens (including phenoxy) is 6. The molecule has 3 aromatic rings. The molecule has 0 N–H and O–H groups in total. The van der Waals surface area contributed by atoms with E-state index in [1.807, 2.05) is 0 Å². The Balaban J connectivity index is 1.26. The number of hydrogen-bond donors (Lipinski definition) is 0. The van der Waals surface area contributed by atoms with Crippen molar-refractivity contribution in [3.05, 3.63) is 83.1 Å². The van der Waals surface area contributed by atoms with Gasteiger partial charge in [0.15, 0.2) is 28.7 Å². The number of nitrogens with zero attached hydrogens (tertiary/aromatic N) is 1. The van der Waals surface area contributed by atoms with Crippen LogP contribution >= 0.6 is 0 Å². The molecule has 34 heavy (non-hydrogen) atoms. The van der Waals surface area contributed by atoms with Crippen LogP contribution in [0.4, 0.5) is 0 Å². The first-order valence-electron chi connectivity index (χ1n) is 10.3. The highest BCUT2D eigenvalue weighted by atomic mass is 16.7. The average Bonchev–Trinajstić information content (AvgIpc) is 3.59. The van der Waals surface area contributed by atoms with Crippen molar-refractivity contribution in [3.8, 4) is 28.7 Å². The maximum atomic E-state index is 12.7.